The molecular weight excluding hydrogens is 352 g/mol. The predicted molar refractivity (Wildman–Crippen MR) is 118 cm³/mol. The SMILES string of the molecule is C/C(=C/c1ccc2c(c1)C(C)(C)CCC2(C)C)C1CC=C(C(=O)O)S1.CC. The van der Waals surface area contributed by atoms with Gasteiger partial charge in [0.05, 0.1) is 4.91 Å². The maximum absolute atomic E-state index is 11.1. The number of aliphatic carboxylic acids is 1. The minimum Gasteiger partial charge on any atom is -0.477 e. The number of rotatable bonds is 3. The van der Waals surface area contributed by atoms with E-state index in [-0.39, 0.29) is 16.1 Å². The first-order chi connectivity index (χ1) is 12.6. The van der Waals surface area contributed by atoms with Gasteiger partial charge in [0.2, 0.25) is 0 Å². The van der Waals surface area contributed by atoms with E-state index in [1.807, 2.05) is 19.9 Å². The van der Waals surface area contributed by atoms with E-state index >= 15 is 0 Å². The Balaban J connectivity index is 0.00000126. The summed E-state index contributed by atoms with van der Waals surface area (Å²) in [6.45, 7) is 15.5. The summed E-state index contributed by atoms with van der Waals surface area (Å²) in [4.78, 5) is 11.6. The first-order valence-corrected chi connectivity index (χ1v) is 10.9. The highest BCUT2D eigenvalue weighted by molar-refractivity contribution is 8.05. The van der Waals surface area contributed by atoms with Gasteiger partial charge >= 0.3 is 5.97 Å². The van der Waals surface area contributed by atoms with E-state index in [1.54, 1.807) is 0 Å². The molecule has 2 aliphatic rings. The topological polar surface area (TPSA) is 37.3 Å². The molecule has 1 atom stereocenters. The van der Waals surface area contributed by atoms with Gasteiger partial charge < -0.3 is 5.11 Å². The number of allylic oxidation sites excluding steroid dienone is 1. The van der Waals surface area contributed by atoms with Gasteiger partial charge in [-0.1, -0.05) is 77.5 Å². The molecule has 0 spiro atoms. The van der Waals surface area contributed by atoms with Gasteiger partial charge in [-0.15, -0.1) is 11.8 Å². The van der Waals surface area contributed by atoms with Gasteiger partial charge in [0.1, 0.15) is 0 Å². The molecule has 3 heteroatoms. The summed E-state index contributed by atoms with van der Waals surface area (Å²) in [6, 6.07) is 6.87. The monoisotopic (exact) mass is 386 g/mol. The van der Waals surface area contributed by atoms with E-state index in [4.69, 9.17) is 5.11 Å². The quantitative estimate of drug-likeness (QED) is 0.611. The third-order valence-corrected chi connectivity index (χ3v) is 7.22. The first-order valence-electron chi connectivity index (χ1n) is 10.0. The summed E-state index contributed by atoms with van der Waals surface area (Å²) < 4.78 is 0. The average molecular weight is 387 g/mol. The van der Waals surface area contributed by atoms with Crippen molar-refractivity contribution >= 4 is 23.8 Å². The lowest BCUT2D eigenvalue weighted by molar-refractivity contribution is -0.131. The first kappa shape index (κ1) is 21.8. The number of fused-ring (bicyclic) bond motifs is 1. The average Bonchev–Trinajstić information content (AvgIpc) is 3.11. The van der Waals surface area contributed by atoms with Gasteiger partial charge in [-0.25, -0.2) is 4.79 Å². The fourth-order valence-electron chi connectivity index (χ4n) is 3.93. The summed E-state index contributed by atoms with van der Waals surface area (Å²) >= 11 is 1.47. The Morgan fingerprint density at radius 3 is 2.26 bits per heavy atom. The largest absolute Gasteiger partial charge is 0.477 e. The Bertz CT molecular complexity index is 769. The van der Waals surface area contributed by atoms with Crippen molar-refractivity contribution in [1.29, 1.82) is 0 Å². The van der Waals surface area contributed by atoms with Crippen molar-refractivity contribution in [2.24, 2.45) is 0 Å². The lowest BCUT2D eigenvalue weighted by Crippen LogP contribution is -2.33. The van der Waals surface area contributed by atoms with Gasteiger partial charge in [-0.3, -0.25) is 0 Å². The van der Waals surface area contributed by atoms with Crippen molar-refractivity contribution in [3.63, 3.8) is 0 Å². The summed E-state index contributed by atoms with van der Waals surface area (Å²) in [5, 5.41) is 9.38. The van der Waals surface area contributed by atoms with Crippen LogP contribution in [-0.4, -0.2) is 16.3 Å². The van der Waals surface area contributed by atoms with E-state index in [2.05, 4.69) is 58.9 Å². The number of hydrogen-bond donors (Lipinski definition) is 1. The minimum absolute atomic E-state index is 0.211. The van der Waals surface area contributed by atoms with Gasteiger partial charge in [-0.05, 0) is 53.7 Å². The third-order valence-electron chi connectivity index (χ3n) is 5.78. The number of benzene rings is 1. The van der Waals surface area contributed by atoms with E-state index in [0.717, 1.165) is 6.42 Å². The van der Waals surface area contributed by atoms with Crippen molar-refractivity contribution in [3.8, 4) is 0 Å². The zero-order chi connectivity index (χ0) is 20.4. The van der Waals surface area contributed by atoms with E-state index < -0.39 is 5.97 Å². The number of thioether (sulfide) groups is 1. The Morgan fingerprint density at radius 2 is 1.70 bits per heavy atom. The van der Waals surface area contributed by atoms with Crippen molar-refractivity contribution in [3.05, 3.63) is 51.4 Å². The fraction of sp³-hybridized carbons (Fsp3) is 0.542. The summed E-state index contributed by atoms with van der Waals surface area (Å²) in [5.74, 6) is -0.807. The normalized spacial score (nSPS) is 23.0. The second kappa shape index (κ2) is 8.26. The summed E-state index contributed by atoms with van der Waals surface area (Å²) in [5.41, 5.74) is 5.86. The van der Waals surface area contributed by atoms with Gasteiger partial charge in [0, 0.05) is 5.25 Å². The van der Waals surface area contributed by atoms with Gasteiger partial charge in [-0.2, -0.15) is 0 Å². The highest BCUT2D eigenvalue weighted by atomic mass is 32.2. The number of hydrogen-bond acceptors (Lipinski definition) is 2. The van der Waals surface area contributed by atoms with E-state index in [9.17, 15) is 4.79 Å². The van der Waals surface area contributed by atoms with Crippen molar-refractivity contribution < 1.29 is 9.90 Å². The highest BCUT2D eigenvalue weighted by Gasteiger charge is 2.36. The lowest BCUT2D eigenvalue weighted by Gasteiger charge is -2.42. The van der Waals surface area contributed by atoms with Crippen LogP contribution in [0, 0.1) is 0 Å². The van der Waals surface area contributed by atoms with Gasteiger partial charge in [0.15, 0.2) is 0 Å². The van der Waals surface area contributed by atoms with Crippen LogP contribution < -0.4 is 0 Å². The van der Waals surface area contributed by atoms with Crippen LogP contribution in [0.2, 0.25) is 0 Å². The smallest absolute Gasteiger partial charge is 0.341 e. The van der Waals surface area contributed by atoms with Crippen LogP contribution in [-0.2, 0) is 15.6 Å². The highest BCUT2D eigenvalue weighted by Crippen LogP contribution is 2.46. The molecular formula is C24H34O2S. The van der Waals surface area contributed by atoms with Crippen molar-refractivity contribution in [2.75, 3.05) is 0 Å². The Morgan fingerprint density at radius 1 is 1.11 bits per heavy atom. The third kappa shape index (κ3) is 4.68. The standard InChI is InChI=1S/C22H28O2S.C2H6/c1-14(18-8-9-19(25-18)20(23)24)12-15-6-7-16-17(13-15)22(4,5)11-10-21(16,2)3;1-2/h6-7,9,12-13,18H,8,10-11H2,1-5H3,(H,23,24);1-2H3/b14-12-;. The molecule has 3 rings (SSSR count). The van der Waals surface area contributed by atoms with Crippen LogP contribution >= 0.6 is 11.8 Å². The molecule has 0 fully saturated rings. The molecule has 1 aliphatic carbocycles. The maximum Gasteiger partial charge on any atom is 0.341 e. The molecule has 148 valence electrons. The fourth-order valence-corrected chi connectivity index (χ4v) is 4.98. The molecule has 0 bridgehead atoms. The number of carbonyl (C=O) groups is 1. The summed E-state index contributed by atoms with van der Waals surface area (Å²) in [7, 11) is 0. The zero-order valence-electron chi connectivity index (χ0n) is 17.8. The van der Waals surface area contributed by atoms with Crippen LogP contribution in [0.4, 0.5) is 0 Å². The molecule has 2 nitrogen and oxygen atoms in total. The molecule has 0 radical (unpaired) electrons. The van der Waals surface area contributed by atoms with Gasteiger partial charge in [0.25, 0.3) is 0 Å². The molecule has 1 unspecified atom stereocenters. The van der Waals surface area contributed by atoms with Crippen LogP contribution in [0.1, 0.15) is 84.4 Å². The molecule has 1 aliphatic heterocycles. The van der Waals surface area contributed by atoms with Crippen molar-refractivity contribution in [2.45, 2.75) is 83.8 Å². The predicted octanol–water partition coefficient (Wildman–Crippen LogP) is 6.94. The molecule has 0 amide bonds. The van der Waals surface area contributed by atoms with E-state index in [1.165, 1.54) is 46.9 Å². The van der Waals surface area contributed by atoms with Crippen LogP contribution in [0.3, 0.4) is 0 Å². The minimum atomic E-state index is -0.807. The second-order valence-electron chi connectivity index (χ2n) is 8.68. The van der Waals surface area contributed by atoms with Crippen LogP contribution in [0.15, 0.2) is 34.8 Å². The molecule has 1 aromatic carbocycles. The molecule has 1 N–H and O–H groups in total. The molecule has 27 heavy (non-hydrogen) atoms. The second-order valence-corrected chi connectivity index (χ2v) is 9.92. The van der Waals surface area contributed by atoms with Crippen LogP contribution in [0.5, 0.6) is 0 Å². The molecule has 0 saturated carbocycles. The number of carboxylic acid groups (broad SMARTS) is 1. The molecule has 0 aromatic heterocycles. The Hall–Kier alpha value is -1.48. The Labute approximate surface area is 169 Å². The summed E-state index contributed by atoms with van der Waals surface area (Å²) in [6.07, 6.45) is 7.31. The number of carboxylic acids is 1. The van der Waals surface area contributed by atoms with Crippen LogP contribution in [0.25, 0.3) is 6.08 Å². The maximum atomic E-state index is 11.1. The molecule has 1 aromatic rings. The van der Waals surface area contributed by atoms with Crippen molar-refractivity contribution in [1.82, 2.24) is 0 Å². The van der Waals surface area contributed by atoms with E-state index in [0.29, 0.717) is 4.91 Å². The molecule has 0 saturated heterocycles. The lowest BCUT2D eigenvalue weighted by atomic mass is 9.63. The Kier molecular flexibility index (Phi) is 6.68. The zero-order valence-corrected chi connectivity index (χ0v) is 18.7. The molecule has 1 heterocycles.